The Morgan fingerprint density at radius 3 is 2.45 bits per heavy atom. The Morgan fingerprint density at radius 2 is 1.95 bits per heavy atom. The number of nitrogens with zero attached hydrogens (tertiary/aromatic N) is 2. The minimum absolute atomic E-state index is 0.232. The Hall–Kier alpha value is -2.61. The van der Waals surface area contributed by atoms with Crippen molar-refractivity contribution in [1.82, 2.24) is 5.43 Å². The number of benzene rings is 1. The molecule has 0 unspecified atom stereocenters. The van der Waals surface area contributed by atoms with Gasteiger partial charge in [-0.15, -0.1) is 0 Å². The van der Waals surface area contributed by atoms with E-state index in [4.69, 9.17) is 11.5 Å². The molecule has 0 aliphatic rings. The van der Waals surface area contributed by atoms with E-state index in [1.807, 2.05) is 24.1 Å². The highest BCUT2D eigenvalue weighted by Crippen LogP contribution is 2.14. The lowest BCUT2D eigenvalue weighted by atomic mass is 10.2. The highest BCUT2D eigenvalue weighted by Gasteiger charge is 2.07. The van der Waals surface area contributed by atoms with E-state index in [0.717, 1.165) is 5.69 Å². The molecule has 1 rings (SSSR count). The molecule has 1 aromatic rings. The largest absolute Gasteiger partial charge is 0.465 e. The van der Waals surface area contributed by atoms with Crippen LogP contribution in [0.25, 0.3) is 0 Å². The van der Waals surface area contributed by atoms with E-state index < -0.39 is 6.03 Å². The molecule has 0 fully saturated rings. The number of hydrogen-bond acceptors (Lipinski definition) is 6. The quantitative estimate of drug-likeness (QED) is 0.379. The zero-order valence-electron chi connectivity index (χ0n) is 12.7. The molecular formula is C14H21N5O3. The molecule has 0 aliphatic carbocycles. The third-order valence-electron chi connectivity index (χ3n) is 3.02. The summed E-state index contributed by atoms with van der Waals surface area (Å²) < 4.78 is 4.65. The predicted octanol–water partition coefficient (Wildman–Crippen LogP) is 0.283. The number of esters is 1. The lowest BCUT2D eigenvalue weighted by molar-refractivity contribution is 0.0600. The number of rotatable bonds is 7. The van der Waals surface area contributed by atoms with Gasteiger partial charge in [-0.05, 0) is 24.3 Å². The van der Waals surface area contributed by atoms with E-state index in [1.165, 1.54) is 7.11 Å². The SMILES string of the molecule is COC(=O)c1ccc(N(C)CCC(CN)=NNC(N)=O)cc1. The summed E-state index contributed by atoms with van der Waals surface area (Å²) in [6.07, 6.45) is 0.575. The van der Waals surface area contributed by atoms with Crippen molar-refractivity contribution in [2.75, 3.05) is 32.1 Å². The van der Waals surface area contributed by atoms with Crippen molar-refractivity contribution in [3.63, 3.8) is 0 Å². The first kappa shape index (κ1) is 17.4. The number of anilines is 1. The lowest BCUT2D eigenvalue weighted by Gasteiger charge is -2.19. The summed E-state index contributed by atoms with van der Waals surface area (Å²) in [5, 5.41) is 3.83. The average molecular weight is 307 g/mol. The third kappa shape index (κ3) is 5.41. The maximum absolute atomic E-state index is 11.4. The fourth-order valence-electron chi connectivity index (χ4n) is 1.73. The number of hydrogen-bond donors (Lipinski definition) is 3. The van der Waals surface area contributed by atoms with Gasteiger partial charge < -0.3 is 21.1 Å². The molecule has 0 saturated carbocycles. The Kier molecular flexibility index (Phi) is 6.84. The van der Waals surface area contributed by atoms with Crippen molar-refractivity contribution < 1.29 is 14.3 Å². The van der Waals surface area contributed by atoms with Gasteiger partial charge in [-0.2, -0.15) is 5.10 Å². The number of ether oxygens (including phenoxy) is 1. The monoisotopic (exact) mass is 307 g/mol. The number of methoxy groups -OCH3 is 1. The molecule has 0 spiro atoms. The Balaban J connectivity index is 2.61. The van der Waals surface area contributed by atoms with Gasteiger partial charge in [0, 0.05) is 32.2 Å². The van der Waals surface area contributed by atoms with Gasteiger partial charge in [-0.1, -0.05) is 0 Å². The van der Waals surface area contributed by atoms with Gasteiger partial charge in [-0.25, -0.2) is 15.0 Å². The number of primary amides is 1. The number of urea groups is 1. The van der Waals surface area contributed by atoms with Crippen LogP contribution in [-0.2, 0) is 4.74 Å². The molecule has 0 atom stereocenters. The van der Waals surface area contributed by atoms with Gasteiger partial charge in [0.1, 0.15) is 0 Å². The maximum Gasteiger partial charge on any atom is 0.337 e. The van der Waals surface area contributed by atoms with Crippen molar-refractivity contribution >= 4 is 23.4 Å². The second-order valence-corrected chi connectivity index (χ2v) is 4.57. The van der Waals surface area contributed by atoms with Crippen LogP contribution in [0.4, 0.5) is 10.5 Å². The third-order valence-corrected chi connectivity index (χ3v) is 3.02. The van der Waals surface area contributed by atoms with Crippen LogP contribution in [0.1, 0.15) is 16.8 Å². The van der Waals surface area contributed by atoms with E-state index in [0.29, 0.717) is 24.2 Å². The maximum atomic E-state index is 11.4. The normalized spacial score (nSPS) is 11.0. The standard InChI is InChI=1S/C14H21N5O3/c1-19(8-7-11(9-15)17-18-14(16)21)12-5-3-10(4-6-12)13(20)22-2/h3-6H,7-9,15H2,1-2H3,(H3,16,18,21). The van der Waals surface area contributed by atoms with Crippen molar-refractivity contribution in [3.05, 3.63) is 29.8 Å². The van der Waals surface area contributed by atoms with Crippen LogP contribution in [0.3, 0.4) is 0 Å². The average Bonchev–Trinajstić information content (AvgIpc) is 2.53. The summed E-state index contributed by atoms with van der Waals surface area (Å²) in [7, 11) is 3.25. The Labute approximate surface area is 129 Å². The Bertz CT molecular complexity index is 542. The molecule has 0 radical (unpaired) electrons. The molecule has 8 heteroatoms. The zero-order valence-corrected chi connectivity index (χ0v) is 12.7. The van der Waals surface area contributed by atoms with Gasteiger partial charge in [0.25, 0.3) is 0 Å². The fraction of sp³-hybridized carbons (Fsp3) is 0.357. The second-order valence-electron chi connectivity index (χ2n) is 4.57. The van der Waals surface area contributed by atoms with E-state index in [2.05, 4.69) is 15.3 Å². The number of hydrazone groups is 1. The minimum Gasteiger partial charge on any atom is -0.465 e. The number of carbonyl (C=O) groups is 2. The van der Waals surface area contributed by atoms with Gasteiger partial charge >= 0.3 is 12.0 Å². The molecule has 5 N–H and O–H groups in total. The topological polar surface area (TPSA) is 123 Å². The fourth-order valence-corrected chi connectivity index (χ4v) is 1.73. The summed E-state index contributed by atoms with van der Waals surface area (Å²) in [4.78, 5) is 24.0. The highest BCUT2D eigenvalue weighted by molar-refractivity contribution is 5.90. The zero-order chi connectivity index (χ0) is 16.5. The first-order valence-corrected chi connectivity index (χ1v) is 6.68. The van der Waals surface area contributed by atoms with Gasteiger partial charge in [0.05, 0.1) is 18.4 Å². The van der Waals surface area contributed by atoms with Crippen LogP contribution in [0.15, 0.2) is 29.4 Å². The van der Waals surface area contributed by atoms with Crippen LogP contribution in [-0.4, -0.2) is 45.0 Å². The summed E-state index contributed by atoms with van der Waals surface area (Å²) in [6.45, 7) is 0.878. The number of nitrogens with two attached hydrogens (primary N) is 2. The van der Waals surface area contributed by atoms with E-state index >= 15 is 0 Å². The molecular weight excluding hydrogens is 286 g/mol. The van der Waals surface area contributed by atoms with E-state index in [-0.39, 0.29) is 12.5 Å². The molecule has 120 valence electrons. The van der Waals surface area contributed by atoms with Crippen molar-refractivity contribution in [3.8, 4) is 0 Å². The molecule has 22 heavy (non-hydrogen) atoms. The van der Waals surface area contributed by atoms with E-state index in [9.17, 15) is 9.59 Å². The number of amides is 2. The van der Waals surface area contributed by atoms with Crippen LogP contribution in [0.2, 0.25) is 0 Å². The number of carbonyl (C=O) groups excluding carboxylic acids is 2. The first-order valence-electron chi connectivity index (χ1n) is 6.68. The van der Waals surface area contributed by atoms with Gasteiger partial charge in [0.2, 0.25) is 0 Å². The summed E-state index contributed by atoms with van der Waals surface area (Å²) in [6, 6.07) is 6.33. The van der Waals surface area contributed by atoms with Crippen LogP contribution in [0.5, 0.6) is 0 Å². The summed E-state index contributed by atoms with van der Waals surface area (Å²) in [5.74, 6) is -0.371. The van der Waals surface area contributed by atoms with E-state index in [1.54, 1.807) is 12.1 Å². The Morgan fingerprint density at radius 1 is 1.32 bits per heavy atom. The number of nitrogens with one attached hydrogen (secondary N) is 1. The summed E-state index contributed by atoms with van der Waals surface area (Å²) in [5.41, 5.74) is 14.7. The van der Waals surface area contributed by atoms with Crippen LogP contribution in [0, 0.1) is 0 Å². The van der Waals surface area contributed by atoms with Crippen molar-refractivity contribution in [2.45, 2.75) is 6.42 Å². The molecule has 1 aromatic carbocycles. The minimum atomic E-state index is -0.724. The molecule has 0 heterocycles. The summed E-state index contributed by atoms with van der Waals surface area (Å²) >= 11 is 0. The highest BCUT2D eigenvalue weighted by atomic mass is 16.5. The van der Waals surface area contributed by atoms with Gasteiger partial charge in [0.15, 0.2) is 0 Å². The van der Waals surface area contributed by atoms with Crippen molar-refractivity contribution in [1.29, 1.82) is 0 Å². The van der Waals surface area contributed by atoms with Crippen LogP contribution >= 0.6 is 0 Å². The van der Waals surface area contributed by atoms with Gasteiger partial charge in [-0.3, -0.25) is 0 Å². The molecule has 0 aromatic heterocycles. The molecule has 8 nitrogen and oxygen atoms in total. The smallest absolute Gasteiger partial charge is 0.337 e. The molecule has 0 saturated heterocycles. The van der Waals surface area contributed by atoms with Crippen molar-refractivity contribution in [2.24, 2.45) is 16.6 Å². The molecule has 0 bridgehead atoms. The first-order chi connectivity index (χ1) is 10.5. The predicted molar refractivity (Wildman–Crippen MR) is 84.9 cm³/mol. The lowest BCUT2D eigenvalue weighted by Crippen LogP contribution is -2.29. The molecule has 0 aliphatic heterocycles. The van der Waals surface area contributed by atoms with Crippen LogP contribution < -0.4 is 21.8 Å². The molecule has 2 amide bonds. The second kappa shape index (κ2) is 8.63.